The number of aromatic nitrogens is 1. The van der Waals surface area contributed by atoms with E-state index in [1.54, 1.807) is 0 Å². The molecule has 0 unspecified atom stereocenters. The maximum Gasteiger partial charge on any atom is 0.203 e. The molecule has 1 heterocycles. The molecule has 1 saturated carbocycles. The molecule has 0 amide bonds. The van der Waals surface area contributed by atoms with Crippen molar-refractivity contribution < 1.29 is 15.0 Å². The van der Waals surface area contributed by atoms with Crippen molar-refractivity contribution in [3.8, 4) is 17.4 Å². The SMILES string of the molecule is O=C1C[C@@H]2CC[C@H]1c1c2c(O)n(-c2cc(Cl)c(Cl)cc2Cl)c1O. The Bertz CT molecular complexity index is 859. The number of ketones is 1. The van der Waals surface area contributed by atoms with Gasteiger partial charge in [0.2, 0.25) is 11.8 Å². The van der Waals surface area contributed by atoms with Crippen molar-refractivity contribution >= 4 is 40.6 Å². The zero-order valence-corrected chi connectivity index (χ0v) is 14.1. The van der Waals surface area contributed by atoms with Crippen LogP contribution in [0.25, 0.3) is 5.69 Å². The number of Topliss-reactive ketones (excluding diaryl/α,β-unsaturated/α-hetero) is 1. The van der Waals surface area contributed by atoms with Gasteiger partial charge in [0.05, 0.1) is 20.8 Å². The normalized spacial score (nSPS) is 22.5. The van der Waals surface area contributed by atoms with Gasteiger partial charge in [-0.3, -0.25) is 4.79 Å². The number of hydrogen-bond acceptors (Lipinski definition) is 3. The molecule has 0 radical (unpaired) electrons. The summed E-state index contributed by atoms with van der Waals surface area (Å²) in [4.78, 5) is 12.1. The van der Waals surface area contributed by atoms with Gasteiger partial charge in [0.1, 0.15) is 5.78 Å². The van der Waals surface area contributed by atoms with Gasteiger partial charge in [0.15, 0.2) is 0 Å². The summed E-state index contributed by atoms with van der Waals surface area (Å²) in [5, 5.41) is 22.1. The third-order valence-electron chi connectivity index (χ3n) is 4.82. The van der Waals surface area contributed by atoms with Gasteiger partial charge in [0, 0.05) is 23.5 Å². The summed E-state index contributed by atoms with van der Waals surface area (Å²) in [7, 11) is 0. The van der Waals surface area contributed by atoms with Crippen LogP contribution in [-0.2, 0) is 4.79 Å². The number of halogens is 3. The van der Waals surface area contributed by atoms with Crippen LogP contribution in [0, 0.1) is 0 Å². The van der Waals surface area contributed by atoms with Crippen LogP contribution in [0.5, 0.6) is 11.8 Å². The van der Waals surface area contributed by atoms with Crippen molar-refractivity contribution in [3.63, 3.8) is 0 Å². The summed E-state index contributed by atoms with van der Waals surface area (Å²) in [6.45, 7) is 0. The quantitative estimate of drug-likeness (QED) is 0.708. The topological polar surface area (TPSA) is 62.5 Å². The zero-order chi connectivity index (χ0) is 16.5. The van der Waals surface area contributed by atoms with Crippen molar-refractivity contribution in [2.24, 2.45) is 0 Å². The van der Waals surface area contributed by atoms with Gasteiger partial charge in [0.25, 0.3) is 0 Å². The van der Waals surface area contributed by atoms with E-state index in [2.05, 4.69) is 0 Å². The molecule has 5 rings (SSSR count). The Kier molecular flexibility index (Phi) is 3.34. The van der Waals surface area contributed by atoms with E-state index in [9.17, 15) is 15.0 Å². The minimum Gasteiger partial charge on any atom is -0.494 e. The van der Waals surface area contributed by atoms with Crippen LogP contribution in [0.4, 0.5) is 0 Å². The van der Waals surface area contributed by atoms with Crippen LogP contribution in [0.3, 0.4) is 0 Å². The van der Waals surface area contributed by atoms with Gasteiger partial charge < -0.3 is 10.2 Å². The van der Waals surface area contributed by atoms with Gasteiger partial charge >= 0.3 is 0 Å². The highest BCUT2D eigenvalue weighted by Gasteiger charge is 2.45. The molecule has 4 nitrogen and oxygen atoms in total. The number of carbonyl (C=O) groups is 1. The Morgan fingerprint density at radius 3 is 2.30 bits per heavy atom. The maximum absolute atomic E-state index is 12.1. The van der Waals surface area contributed by atoms with Crippen LogP contribution in [-0.4, -0.2) is 20.6 Å². The van der Waals surface area contributed by atoms with Crippen molar-refractivity contribution in [3.05, 3.63) is 38.3 Å². The molecule has 3 aliphatic rings. The molecule has 0 saturated heterocycles. The lowest BCUT2D eigenvalue weighted by atomic mass is 9.67. The van der Waals surface area contributed by atoms with E-state index in [0.29, 0.717) is 29.7 Å². The summed E-state index contributed by atoms with van der Waals surface area (Å²) in [6.07, 6.45) is 1.93. The fourth-order valence-electron chi connectivity index (χ4n) is 3.81. The van der Waals surface area contributed by atoms with E-state index in [-0.39, 0.29) is 44.4 Å². The molecule has 3 aliphatic carbocycles. The molecule has 2 N–H and O–H groups in total. The van der Waals surface area contributed by atoms with E-state index in [1.165, 1.54) is 16.7 Å². The van der Waals surface area contributed by atoms with Gasteiger partial charge in [-0.1, -0.05) is 34.8 Å². The standard InChI is InChI=1S/C16H12Cl3NO3/c17-8-4-10(19)11(5-9(8)18)20-15(22)13-6-1-2-7(12(21)3-6)14(13)16(20)23/h4-7,22-23H,1-3H2/t6-,7+/m0/s1. The van der Waals surface area contributed by atoms with Gasteiger partial charge in [-0.15, -0.1) is 0 Å². The summed E-state index contributed by atoms with van der Waals surface area (Å²) in [6, 6.07) is 2.94. The monoisotopic (exact) mass is 371 g/mol. The Morgan fingerprint density at radius 1 is 0.957 bits per heavy atom. The highest BCUT2D eigenvalue weighted by atomic mass is 35.5. The third kappa shape index (κ3) is 2.02. The molecule has 0 spiro atoms. The van der Waals surface area contributed by atoms with Gasteiger partial charge in [-0.25, -0.2) is 4.57 Å². The number of rotatable bonds is 1. The van der Waals surface area contributed by atoms with Crippen LogP contribution >= 0.6 is 34.8 Å². The minimum atomic E-state index is -0.358. The maximum atomic E-state index is 12.1. The van der Waals surface area contributed by atoms with Crippen LogP contribution in [0.15, 0.2) is 12.1 Å². The number of hydrogen-bond donors (Lipinski definition) is 2. The van der Waals surface area contributed by atoms with Gasteiger partial charge in [-0.05, 0) is 30.9 Å². The van der Waals surface area contributed by atoms with E-state index in [1.807, 2.05) is 0 Å². The van der Waals surface area contributed by atoms with Crippen molar-refractivity contribution in [1.82, 2.24) is 4.57 Å². The first-order valence-electron chi connectivity index (χ1n) is 7.24. The predicted molar refractivity (Wildman–Crippen MR) is 88.5 cm³/mol. The lowest BCUT2D eigenvalue weighted by molar-refractivity contribution is -0.123. The van der Waals surface area contributed by atoms with Gasteiger partial charge in [-0.2, -0.15) is 0 Å². The fourth-order valence-corrected chi connectivity index (χ4v) is 4.43. The lowest BCUT2D eigenvalue weighted by Crippen LogP contribution is -2.28. The second kappa shape index (κ2) is 5.07. The van der Waals surface area contributed by atoms with E-state index in [0.717, 1.165) is 6.42 Å². The Morgan fingerprint density at radius 2 is 1.61 bits per heavy atom. The van der Waals surface area contributed by atoms with E-state index in [4.69, 9.17) is 34.8 Å². The summed E-state index contributed by atoms with van der Waals surface area (Å²) < 4.78 is 1.25. The molecule has 1 aromatic heterocycles. The first-order valence-corrected chi connectivity index (χ1v) is 8.37. The molecule has 23 heavy (non-hydrogen) atoms. The van der Waals surface area contributed by atoms with Crippen molar-refractivity contribution in [1.29, 1.82) is 0 Å². The Balaban J connectivity index is 2.00. The second-order valence-corrected chi connectivity index (χ2v) is 7.25. The number of aromatic hydroxyl groups is 2. The lowest BCUT2D eigenvalue weighted by Gasteiger charge is -2.34. The first kappa shape index (κ1) is 15.2. The fraction of sp³-hybridized carbons (Fsp3) is 0.312. The summed E-state index contributed by atoms with van der Waals surface area (Å²) in [5.41, 5.74) is 1.51. The molecule has 2 atom stereocenters. The molecule has 1 aromatic carbocycles. The highest BCUT2D eigenvalue weighted by molar-refractivity contribution is 6.43. The number of carbonyl (C=O) groups excluding carboxylic acids is 1. The van der Waals surface area contributed by atoms with Crippen molar-refractivity contribution in [2.45, 2.75) is 31.1 Å². The first-order chi connectivity index (χ1) is 10.9. The zero-order valence-electron chi connectivity index (χ0n) is 11.8. The van der Waals surface area contributed by atoms with Crippen LogP contribution in [0.2, 0.25) is 15.1 Å². The molecule has 0 aliphatic heterocycles. The predicted octanol–water partition coefficient (Wildman–Crippen LogP) is 4.78. The van der Waals surface area contributed by atoms with E-state index >= 15 is 0 Å². The number of benzene rings is 1. The second-order valence-electron chi connectivity index (χ2n) is 6.02. The number of nitrogens with zero attached hydrogens (tertiary/aromatic N) is 1. The summed E-state index contributed by atoms with van der Waals surface area (Å²) >= 11 is 18.2. The molecule has 120 valence electrons. The molecular formula is C16H12Cl3NO3. The van der Waals surface area contributed by atoms with E-state index < -0.39 is 0 Å². The third-order valence-corrected chi connectivity index (χ3v) is 5.85. The Hall–Kier alpha value is -1.36. The molecular weight excluding hydrogens is 361 g/mol. The highest BCUT2D eigenvalue weighted by Crippen LogP contribution is 2.56. The number of fused-ring (bicyclic) bond motifs is 2. The molecule has 7 heteroatoms. The van der Waals surface area contributed by atoms with Crippen LogP contribution in [0.1, 0.15) is 42.2 Å². The smallest absolute Gasteiger partial charge is 0.203 e. The Labute approximate surface area is 147 Å². The molecule has 2 aromatic rings. The largest absolute Gasteiger partial charge is 0.494 e. The average molecular weight is 373 g/mol. The van der Waals surface area contributed by atoms with Crippen molar-refractivity contribution in [2.75, 3.05) is 0 Å². The van der Waals surface area contributed by atoms with Crippen LogP contribution < -0.4 is 0 Å². The molecule has 1 fully saturated rings. The minimum absolute atomic E-state index is 0.0591. The molecule has 2 bridgehead atoms. The summed E-state index contributed by atoms with van der Waals surface area (Å²) in [5.74, 6) is -0.540. The average Bonchev–Trinajstić information content (AvgIpc) is 2.77.